The number of nitrogens with two attached hydrogens (primary N) is 1. The average Bonchev–Trinajstić information content (AvgIpc) is 2.93. The molecule has 0 spiro atoms. The molecular formula is C31H42N4O5. The number of rotatable bonds is 13. The van der Waals surface area contributed by atoms with Crippen molar-refractivity contribution in [1.82, 2.24) is 4.90 Å². The number of amides is 1. The predicted molar refractivity (Wildman–Crippen MR) is 155 cm³/mol. The lowest BCUT2D eigenvalue weighted by Gasteiger charge is -2.39. The summed E-state index contributed by atoms with van der Waals surface area (Å²) in [6, 6.07) is 13.7. The standard InChI is InChI=1S/C31H42N4O5/c1-21-9-6-10-22(2)34(21)16-4-3-5-17-35-26-20-25(39-18-8-13-28(36)37)14-15-27(26)40-29(31(35)38)23-11-7-12-24(19-23)30(32)33/h7,11-12,14-15,19-22,29H,3-6,8-10,13,16-18H2,1-2H3,(H3,32,33)(H,36,37)/t21-,22+,29?. The van der Waals surface area contributed by atoms with Gasteiger partial charge in [0.05, 0.1) is 12.3 Å². The number of ether oxygens (including phenoxy) is 2. The number of nitrogens with zero attached hydrogens (tertiary/aromatic N) is 2. The molecule has 2 heterocycles. The summed E-state index contributed by atoms with van der Waals surface area (Å²) in [6.07, 6.45) is 6.35. The number of piperidine rings is 1. The molecule has 1 fully saturated rings. The molecule has 9 nitrogen and oxygen atoms in total. The van der Waals surface area contributed by atoms with E-state index in [2.05, 4.69) is 18.7 Å². The molecule has 3 atom stereocenters. The van der Waals surface area contributed by atoms with Gasteiger partial charge < -0.3 is 25.2 Å². The first-order valence-electron chi connectivity index (χ1n) is 14.4. The van der Waals surface area contributed by atoms with Crippen LogP contribution in [0.1, 0.15) is 82.4 Å². The highest BCUT2D eigenvalue weighted by atomic mass is 16.5. The van der Waals surface area contributed by atoms with E-state index in [1.807, 2.05) is 6.07 Å². The number of likely N-dealkylation sites (tertiary alicyclic amines) is 1. The van der Waals surface area contributed by atoms with Gasteiger partial charge in [0.2, 0.25) is 6.10 Å². The van der Waals surface area contributed by atoms with Gasteiger partial charge in [-0.15, -0.1) is 0 Å². The van der Waals surface area contributed by atoms with E-state index in [1.54, 1.807) is 41.3 Å². The molecule has 2 aromatic rings. The predicted octanol–water partition coefficient (Wildman–Crippen LogP) is 5.11. The number of hydrogen-bond acceptors (Lipinski definition) is 6. The fourth-order valence-corrected chi connectivity index (χ4v) is 5.72. The number of carbonyl (C=O) groups excluding carboxylic acids is 1. The molecule has 2 aromatic carbocycles. The number of fused-ring (bicyclic) bond motifs is 1. The number of aliphatic carboxylic acids is 1. The third kappa shape index (κ3) is 7.33. The molecular weight excluding hydrogens is 508 g/mol. The summed E-state index contributed by atoms with van der Waals surface area (Å²) in [7, 11) is 0. The van der Waals surface area contributed by atoms with Crippen molar-refractivity contribution in [1.29, 1.82) is 5.41 Å². The molecule has 4 N–H and O–H groups in total. The highest BCUT2D eigenvalue weighted by Crippen LogP contribution is 2.41. The zero-order chi connectivity index (χ0) is 28.6. The summed E-state index contributed by atoms with van der Waals surface area (Å²) in [5.41, 5.74) is 7.54. The van der Waals surface area contributed by atoms with Crippen LogP contribution in [0.25, 0.3) is 0 Å². The zero-order valence-electron chi connectivity index (χ0n) is 23.6. The van der Waals surface area contributed by atoms with Gasteiger partial charge in [-0.05, 0) is 70.7 Å². The molecule has 0 saturated carbocycles. The Hall–Kier alpha value is -3.59. The van der Waals surface area contributed by atoms with Crippen LogP contribution in [0.5, 0.6) is 11.5 Å². The molecule has 1 unspecified atom stereocenters. The summed E-state index contributed by atoms with van der Waals surface area (Å²) >= 11 is 0. The molecule has 2 aliphatic heterocycles. The first-order valence-corrected chi connectivity index (χ1v) is 14.4. The summed E-state index contributed by atoms with van der Waals surface area (Å²) in [4.78, 5) is 29.0. The van der Waals surface area contributed by atoms with E-state index in [1.165, 1.54) is 19.3 Å². The third-order valence-corrected chi connectivity index (χ3v) is 7.93. The number of carboxylic acid groups (broad SMARTS) is 1. The number of benzene rings is 2. The SMILES string of the molecule is C[C@@H]1CCC[C@H](C)N1CCCCCN1C(=O)C(c2cccc(C(=N)N)c2)Oc2ccc(OCCCC(=O)O)cc21. The second-order valence-corrected chi connectivity index (χ2v) is 10.9. The van der Waals surface area contributed by atoms with Crippen LogP contribution in [0.3, 0.4) is 0 Å². The number of nitrogens with one attached hydrogen (secondary N) is 1. The molecule has 2 aliphatic rings. The van der Waals surface area contributed by atoms with E-state index in [4.69, 9.17) is 25.7 Å². The maximum absolute atomic E-state index is 13.8. The largest absolute Gasteiger partial charge is 0.493 e. The van der Waals surface area contributed by atoms with Crippen LogP contribution in [-0.2, 0) is 9.59 Å². The van der Waals surface area contributed by atoms with Crippen molar-refractivity contribution in [3.8, 4) is 11.5 Å². The quantitative estimate of drug-likeness (QED) is 0.179. The number of nitrogen functional groups attached to an aromatic ring is 1. The van der Waals surface area contributed by atoms with Crippen molar-refractivity contribution in [3.05, 3.63) is 53.6 Å². The molecule has 216 valence electrons. The maximum Gasteiger partial charge on any atom is 0.303 e. The van der Waals surface area contributed by atoms with Gasteiger partial charge in [-0.3, -0.25) is 19.9 Å². The number of carboxylic acids is 1. The van der Waals surface area contributed by atoms with Crippen LogP contribution < -0.4 is 20.1 Å². The molecule has 0 aromatic heterocycles. The summed E-state index contributed by atoms with van der Waals surface area (Å²) in [6.45, 7) is 6.53. The number of unbranched alkanes of at least 4 members (excludes halogenated alkanes) is 2. The van der Waals surface area contributed by atoms with E-state index in [9.17, 15) is 9.59 Å². The van der Waals surface area contributed by atoms with Gasteiger partial charge in [0.1, 0.15) is 17.3 Å². The maximum atomic E-state index is 13.8. The van der Waals surface area contributed by atoms with E-state index >= 15 is 0 Å². The van der Waals surface area contributed by atoms with E-state index < -0.39 is 12.1 Å². The summed E-state index contributed by atoms with van der Waals surface area (Å²) in [5, 5.41) is 16.7. The van der Waals surface area contributed by atoms with Crippen LogP contribution in [-0.4, -0.2) is 59.5 Å². The van der Waals surface area contributed by atoms with E-state index in [0.717, 1.165) is 25.8 Å². The Bertz CT molecular complexity index is 1190. The van der Waals surface area contributed by atoms with Gasteiger partial charge >= 0.3 is 5.97 Å². The van der Waals surface area contributed by atoms with Crippen molar-refractivity contribution >= 4 is 23.4 Å². The second kappa shape index (κ2) is 13.7. The van der Waals surface area contributed by atoms with Crippen LogP contribution >= 0.6 is 0 Å². The van der Waals surface area contributed by atoms with Gasteiger partial charge in [-0.25, -0.2) is 0 Å². The van der Waals surface area contributed by atoms with Gasteiger partial charge in [-0.1, -0.05) is 31.0 Å². The Kier molecular flexibility index (Phi) is 10.0. The van der Waals surface area contributed by atoms with Gasteiger partial charge in [-0.2, -0.15) is 0 Å². The Morgan fingerprint density at radius 1 is 1.07 bits per heavy atom. The lowest BCUT2D eigenvalue weighted by molar-refractivity contribution is -0.137. The molecule has 0 radical (unpaired) electrons. The number of hydrogen-bond donors (Lipinski definition) is 3. The van der Waals surface area contributed by atoms with Crippen LogP contribution in [0.4, 0.5) is 5.69 Å². The third-order valence-electron chi connectivity index (χ3n) is 7.93. The number of anilines is 1. The summed E-state index contributed by atoms with van der Waals surface area (Å²) < 4.78 is 12.0. The highest BCUT2D eigenvalue weighted by Gasteiger charge is 2.36. The molecule has 0 aliphatic carbocycles. The van der Waals surface area contributed by atoms with Crippen molar-refractivity contribution < 1.29 is 24.2 Å². The average molecular weight is 551 g/mol. The molecule has 0 bridgehead atoms. The second-order valence-electron chi connectivity index (χ2n) is 10.9. The van der Waals surface area contributed by atoms with Crippen LogP contribution in [0.2, 0.25) is 0 Å². The van der Waals surface area contributed by atoms with Gasteiger partial charge in [0.25, 0.3) is 5.91 Å². The van der Waals surface area contributed by atoms with Crippen molar-refractivity contribution in [2.45, 2.75) is 83.4 Å². The molecule has 1 amide bonds. The van der Waals surface area contributed by atoms with Crippen LogP contribution in [0, 0.1) is 5.41 Å². The zero-order valence-corrected chi connectivity index (χ0v) is 23.6. The topological polar surface area (TPSA) is 129 Å². The molecule has 40 heavy (non-hydrogen) atoms. The summed E-state index contributed by atoms with van der Waals surface area (Å²) in [5.74, 6) is 0.0459. The molecule has 1 saturated heterocycles. The van der Waals surface area contributed by atoms with Crippen LogP contribution in [0.15, 0.2) is 42.5 Å². The normalized spacial score (nSPS) is 21.0. The van der Waals surface area contributed by atoms with Gasteiger partial charge in [0, 0.05) is 42.2 Å². The highest BCUT2D eigenvalue weighted by molar-refractivity contribution is 6.01. The molecule has 9 heteroatoms. The smallest absolute Gasteiger partial charge is 0.303 e. The minimum Gasteiger partial charge on any atom is -0.493 e. The fraction of sp³-hybridized carbons (Fsp3) is 0.516. The Balaban J connectivity index is 1.47. The number of carbonyl (C=O) groups is 2. The number of amidine groups is 1. The lowest BCUT2D eigenvalue weighted by atomic mass is 9.97. The minimum atomic E-state index is -0.858. The van der Waals surface area contributed by atoms with Crippen molar-refractivity contribution in [2.24, 2.45) is 5.73 Å². The minimum absolute atomic E-state index is 0.0364. The monoisotopic (exact) mass is 550 g/mol. The van der Waals surface area contributed by atoms with Crippen molar-refractivity contribution in [3.63, 3.8) is 0 Å². The Labute approximate surface area is 236 Å². The fourth-order valence-electron chi connectivity index (χ4n) is 5.72. The van der Waals surface area contributed by atoms with E-state index in [0.29, 0.717) is 53.4 Å². The van der Waals surface area contributed by atoms with E-state index in [-0.39, 0.29) is 24.8 Å². The van der Waals surface area contributed by atoms with Crippen molar-refractivity contribution in [2.75, 3.05) is 24.6 Å². The first kappa shape index (κ1) is 29.4. The van der Waals surface area contributed by atoms with Gasteiger partial charge in [0.15, 0.2) is 0 Å². The Morgan fingerprint density at radius 2 is 1.82 bits per heavy atom. The lowest BCUT2D eigenvalue weighted by Crippen LogP contribution is -2.44. The Morgan fingerprint density at radius 3 is 2.55 bits per heavy atom. The molecule has 4 rings (SSSR count). The first-order chi connectivity index (χ1) is 19.2.